The second-order valence-electron chi connectivity index (χ2n) is 4.78. The van der Waals surface area contributed by atoms with Gasteiger partial charge in [0.15, 0.2) is 0 Å². The maximum absolute atomic E-state index is 3.64. The molecule has 17 heavy (non-hydrogen) atoms. The summed E-state index contributed by atoms with van der Waals surface area (Å²) in [6.07, 6.45) is 10.6. The third kappa shape index (κ3) is 3.68. The van der Waals surface area contributed by atoms with Crippen molar-refractivity contribution in [2.24, 2.45) is 0 Å². The quantitative estimate of drug-likeness (QED) is 0.764. The van der Waals surface area contributed by atoms with Crippen LogP contribution < -0.4 is 5.32 Å². The Morgan fingerprint density at radius 3 is 2.94 bits per heavy atom. The van der Waals surface area contributed by atoms with E-state index in [2.05, 4.69) is 35.1 Å². The van der Waals surface area contributed by atoms with Crippen LogP contribution in [0, 0.1) is 0 Å². The number of allylic oxidation sites excluding steroid dienone is 1. The zero-order chi connectivity index (χ0) is 11.9. The highest BCUT2D eigenvalue weighted by Gasteiger charge is 2.16. The topological polar surface area (TPSA) is 12.0 Å². The summed E-state index contributed by atoms with van der Waals surface area (Å²) in [6, 6.07) is 2.72. The molecule has 0 aliphatic heterocycles. The fourth-order valence-electron chi connectivity index (χ4n) is 2.59. The molecule has 1 heterocycles. The molecule has 1 N–H and O–H groups in total. The van der Waals surface area contributed by atoms with Crippen LogP contribution >= 0.6 is 11.3 Å². The van der Waals surface area contributed by atoms with Crippen LogP contribution in [0.25, 0.3) is 0 Å². The van der Waals surface area contributed by atoms with Crippen LogP contribution in [0.2, 0.25) is 0 Å². The van der Waals surface area contributed by atoms with E-state index in [1.54, 1.807) is 16.9 Å². The molecule has 0 saturated carbocycles. The predicted molar refractivity (Wildman–Crippen MR) is 76.5 cm³/mol. The molecule has 0 bridgehead atoms. The number of hydrogen-bond acceptors (Lipinski definition) is 2. The monoisotopic (exact) mass is 249 g/mol. The van der Waals surface area contributed by atoms with Gasteiger partial charge in [-0.2, -0.15) is 11.3 Å². The highest BCUT2D eigenvalue weighted by atomic mass is 32.1. The van der Waals surface area contributed by atoms with E-state index in [0.29, 0.717) is 6.04 Å². The first-order chi connectivity index (χ1) is 8.42. The smallest absolute Gasteiger partial charge is 0.0544 e. The van der Waals surface area contributed by atoms with Gasteiger partial charge in [-0.15, -0.1) is 0 Å². The minimum absolute atomic E-state index is 0.462. The van der Waals surface area contributed by atoms with Gasteiger partial charge in [-0.3, -0.25) is 0 Å². The number of hydrogen-bond donors (Lipinski definition) is 1. The van der Waals surface area contributed by atoms with E-state index in [1.165, 1.54) is 44.1 Å². The van der Waals surface area contributed by atoms with Gasteiger partial charge < -0.3 is 5.32 Å². The molecule has 0 radical (unpaired) electrons. The molecule has 0 aromatic carbocycles. The highest BCUT2D eigenvalue weighted by molar-refractivity contribution is 7.08. The number of thiophene rings is 1. The van der Waals surface area contributed by atoms with Crippen molar-refractivity contribution < 1.29 is 0 Å². The van der Waals surface area contributed by atoms with Gasteiger partial charge in [0.1, 0.15) is 0 Å². The molecule has 1 aromatic heterocycles. The summed E-state index contributed by atoms with van der Waals surface area (Å²) < 4.78 is 0. The number of rotatable bonds is 4. The standard InChI is InChI=1S/C15H23NS/c1-2-16-15(14-10-11-17-12-14)13-8-6-4-3-5-7-9-13/h8,10-12,15-16H,2-7,9H2,1H3/b13-8+. The fraction of sp³-hybridized carbons (Fsp3) is 0.600. The van der Waals surface area contributed by atoms with Crippen molar-refractivity contribution in [3.05, 3.63) is 34.0 Å². The normalized spacial score (nSPS) is 22.3. The maximum atomic E-state index is 3.64. The molecule has 0 saturated heterocycles. The summed E-state index contributed by atoms with van der Waals surface area (Å²) in [5.74, 6) is 0. The minimum Gasteiger partial charge on any atom is -0.307 e. The zero-order valence-electron chi connectivity index (χ0n) is 10.7. The minimum atomic E-state index is 0.462. The van der Waals surface area contributed by atoms with Gasteiger partial charge in [-0.05, 0) is 54.6 Å². The summed E-state index contributed by atoms with van der Waals surface area (Å²) in [6.45, 7) is 3.24. The number of likely N-dealkylation sites (N-methyl/N-ethyl adjacent to an activating group) is 1. The number of nitrogens with one attached hydrogen (secondary N) is 1. The van der Waals surface area contributed by atoms with Crippen molar-refractivity contribution in [1.29, 1.82) is 0 Å². The Labute approximate surface area is 109 Å². The molecule has 1 unspecified atom stereocenters. The lowest BCUT2D eigenvalue weighted by Crippen LogP contribution is -2.22. The fourth-order valence-corrected chi connectivity index (χ4v) is 3.27. The van der Waals surface area contributed by atoms with Crippen LogP contribution in [-0.4, -0.2) is 6.54 Å². The van der Waals surface area contributed by atoms with Gasteiger partial charge in [-0.1, -0.05) is 31.4 Å². The Morgan fingerprint density at radius 1 is 1.29 bits per heavy atom. The van der Waals surface area contributed by atoms with E-state index in [1.807, 2.05) is 0 Å². The summed E-state index contributed by atoms with van der Waals surface area (Å²) in [5.41, 5.74) is 3.06. The van der Waals surface area contributed by atoms with Crippen LogP contribution in [0.1, 0.15) is 57.1 Å². The van der Waals surface area contributed by atoms with Crippen LogP contribution in [0.15, 0.2) is 28.5 Å². The van der Waals surface area contributed by atoms with Crippen molar-refractivity contribution in [2.45, 2.75) is 51.5 Å². The van der Waals surface area contributed by atoms with Crippen LogP contribution in [0.5, 0.6) is 0 Å². The molecule has 0 spiro atoms. The molecule has 1 atom stereocenters. The van der Waals surface area contributed by atoms with Crippen molar-refractivity contribution in [1.82, 2.24) is 5.32 Å². The first-order valence-electron chi connectivity index (χ1n) is 6.86. The lowest BCUT2D eigenvalue weighted by Gasteiger charge is -2.22. The molecular weight excluding hydrogens is 226 g/mol. The van der Waals surface area contributed by atoms with Crippen molar-refractivity contribution in [3.63, 3.8) is 0 Å². The van der Waals surface area contributed by atoms with Gasteiger partial charge in [0.2, 0.25) is 0 Å². The molecule has 0 fully saturated rings. The molecule has 2 rings (SSSR count). The third-order valence-corrected chi connectivity index (χ3v) is 4.18. The Balaban J connectivity index is 2.13. The molecule has 1 aliphatic rings. The summed E-state index contributed by atoms with van der Waals surface area (Å²) in [7, 11) is 0. The van der Waals surface area contributed by atoms with E-state index in [-0.39, 0.29) is 0 Å². The Hall–Kier alpha value is -0.600. The molecule has 94 valence electrons. The van der Waals surface area contributed by atoms with Crippen LogP contribution in [-0.2, 0) is 0 Å². The Morgan fingerprint density at radius 2 is 2.18 bits per heavy atom. The molecule has 1 aliphatic carbocycles. The van der Waals surface area contributed by atoms with Crippen LogP contribution in [0.3, 0.4) is 0 Å². The van der Waals surface area contributed by atoms with Gasteiger partial charge in [0.05, 0.1) is 6.04 Å². The van der Waals surface area contributed by atoms with Crippen LogP contribution in [0.4, 0.5) is 0 Å². The summed E-state index contributed by atoms with van der Waals surface area (Å²) in [4.78, 5) is 0. The molecule has 1 aromatic rings. The third-order valence-electron chi connectivity index (χ3n) is 3.48. The van der Waals surface area contributed by atoms with Crippen molar-refractivity contribution >= 4 is 11.3 Å². The maximum Gasteiger partial charge on any atom is 0.0544 e. The highest BCUT2D eigenvalue weighted by Crippen LogP contribution is 2.29. The van der Waals surface area contributed by atoms with Gasteiger partial charge in [0.25, 0.3) is 0 Å². The van der Waals surface area contributed by atoms with Gasteiger partial charge >= 0.3 is 0 Å². The summed E-state index contributed by atoms with van der Waals surface area (Å²) >= 11 is 1.80. The van der Waals surface area contributed by atoms with Gasteiger partial charge in [-0.25, -0.2) is 0 Å². The Bertz CT molecular complexity index is 340. The zero-order valence-corrected chi connectivity index (χ0v) is 11.6. The Kier molecular flexibility index (Phi) is 5.27. The second kappa shape index (κ2) is 6.97. The SMILES string of the molecule is CCNC(/C1=C/CCCCCC1)c1ccsc1. The average molecular weight is 249 g/mol. The van der Waals surface area contributed by atoms with E-state index in [4.69, 9.17) is 0 Å². The van der Waals surface area contributed by atoms with Crippen molar-refractivity contribution in [2.75, 3.05) is 6.54 Å². The molecular formula is C15H23NS. The van der Waals surface area contributed by atoms with E-state index < -0.39 is 0 Å². The van der Waals surface area contributed by atoms with E-state index in [0.717, 1.165) is 6.54 Å². The van der Waals surface area contributed by atoms with E-state index in [9.17, 15) is 0 Å². The first kappa shape index (κ1) is 12.8. The average Bonchev–Trinajstić information content (AvgIpc) is 2.79. The molecule has 2 heteroatoms. The van der Waals surface area contributed by atoms with Crippen molar-refractivity contribution in [3.8, 4) is 0 Å². The van der Waals surface area contributed by atoms with E-state index >= 15 is 0 Å². The second-order valence-corrected chi connectivity index (χ2v) is 5.56. The predicted octanol–water partition coefficient (Wildman–Crippen LogP) is 4.68. The largest absolute Gasteiger partial charge is 0.307 e. The summed E-state index contributed by atoms with van der Waals surface area (Å²) in [5, 5.41) is 8.11. The first-order valence-corrected chi connectivity index (χ1v) is 7.80. The lowest BCUT2D eigenvalue weighted by atomic mass is 9.92. The molecule has 1 nitrogen and oxygen atoms in total. The lowest BCUT2D eigenvalue weighted by molar-refractivity contribution is 0.555. The van der Waals surface area contributed by atoms with Gasteiger partial charge in [0, 0.05) is 0 Å². The molecule has 0 amide bonds.